The van der Waals surface area contributed by atoms with Crippen LogP contribution in [-0.2, 0) is 19.5 Å². The summed E-state index contributed by atoms with van der Waals surface area (Å²) >= 11 is 0. The molecule has 1 aliphatic rings. The Morgan fingerprint density at radius 2 is 2.12 bits per heavy atom. The number of hydrogen-bond donors (Lipinski definition) is 2. The number of hydrogen-bond acceptors (Lipinski definition) is 4. The second-order valence-electron chi connectivity index (χ2n) is 6.68. The molecule has 1 unspecified atom stereocenters. The van der Waals surface area contributed by atoms with Crippen LogP contribution < -0.4 is 10.2 Å². The van der Waals surface area contributed by atoms with Gasteiger partial charge in [0.2, 0.25) is 0 Å². The number of rotatable bonds is 5. The van der Waals surface area contributed by atoms with Crippen molar-refractivity contribution in [2.24, 2.45) is 0 Å². The van der Waals surface area contributed by atoms with E-state index in [4.69, 9.17) is 0 Å². The molecule has 1 aliphatic heterocycles. The summed E-state index contributed by atoms with van der Waals surface area (Å²) in [5, 5.41) is 12.9. The SMILES string of the molecule is N#Cc1ccc2c(c1)CC(NCc1ccccc1)CN2Cc1cnc[nH]1. The summed E-state index contributed by atoms with van der Waals surface area (Å²) in [6.07, 6.45) is 4.51. The number of nitrogens with one attached hydrogen (secondary N) is 2. The molecule has 0 bridgehead atoms. The molecule has 130 valence electrons. The van der Waals surface area contributed by atoms with Gasteiger partial charge in [0.15, 0.2) is 0 Å². The summed E-state index contributed by atoms with van der Waals surface area (Å²) in [7, 11) is 0. The van der Waals surface area contributed by atoms with Gasteiger partial charge in [0, 0.05) is 31.0 Å². The molecule has 0 spiro atoms. The zero-order chi connectivity index (χ0) is 17.8. The molecule has 2 heterocycles. The number of aromatic amines is 1. The highest BCUT2D eigenvalue weighted by Crippen LogP contribution is 2.29. The monoisotopic (exact) mass is 343 g/mol. The van der Waals surface area contributed by atoms with Crippen molar-refractivity contribution >= 4 is 5.69 Å². The van der Waals surface area contributed by atoms with Crippen molar-refractivity contribution in [2.75, 3.05) is 11.4 Å². The van der Waals surface area contributed by atoms with Gasteiger partial charge in [0.05, 0.1) is 30.2 Å². The molecule has 5 nitrogen and oxygen atoms in total. The molecule has 1 atom stereocenters. The predicted molar refractivity (Wildman–Crippen MR) is 102 cm³/mol. The van der Waals surface area contributed by atoms with Crippen LogP contribution in [-0.4, -0.2) is 22.6 Å². The Balaban J connectivity index is 1.55. The summed E-state index contributed by atoms with van der Waals surface area (Å²) in [6.45, 7) is 2.55. The third-order valence-electron chi connectivity index (χ3n) is 4.81. The first kappa shape index (κ1) is 16.4. The maximum absolute atomic E-state index is 9.24. The van der Waals surface area contributed by atoms with Crippen molar-refractivity contribution in [3.05, 3.63) is 83.4 Å². The van der Waals surface area contributed by atoms with Gasteiger partial charge in [0.25, 0.3) is 0 Å². The fraction of sp³-hybridized carbons (Fsp3) is 0.238. The maximum Gasteiger partial charge on any atom is 0.0991 e. The number of nitriles is 1. The van der Waals surface area contributed by atoms with E-state index in [-0.39, 0.29) is 0 Å². The van der Waals surface area contributed by atoms with E-state index in [9.17, 15) is 5.26 Å². The Hall–Kier alpha value is -3.10. The minimum atomic E-state index is 0.333. The largest absolute Gasteiger partial charge is 0.364 e. The lowest BCUT2D eigenvalue weighted by Gasteiger charge is -2.36. The average Bonchev–Trinajstić information content (AvgIpc) is 3.20. The summed E-state index contributed by atoms with van der Waals surface area (Å²) in [5.41, 5.74) is 5.51. The maximum atomic E-state index is 9.24. The van der Waals surface area contributed by atoms with Gasteiger partial charge in [-0.3, -0.25) is 0 Å². The van der Waals surface area contributed by atoms with Crippen LogP contribution in [0.4, 0.5) is 5.69 Å². The topological polar surface area (TPSA) is 67.7 Å². The van der Waals surface area contributed by atoms with Gasteiger partial charge in [0.1, 0.15) is 0 Å². The standard InChI is InChI=1S/C21H21N5/c22-10-17-6-7-21-18(8-17)9-19(24-11-16-4-2-1-3-5-16)13-26(21)14-20-12-23-15-25-20/h1-8,12,15,19,24H,9,11,13-14H2,(H,23,25). The van der Waals surface area contributed by atoms with Crippen LogP contribution in [0.1, 0.15) is 22.4 Å². The first-order chi connectivity index (χ1) is 12.8. The molecular formula is C21H21N5. The smallest absolute Gasteiger partial charge is 0.0991 e. The van der Waals surface area contributed by atoms with E-state index in [2.05, 4.69) is 56.6 Å². The Morgan fingerprint density at radius 3 is 2.88 bits per heavy atom. The molecule has 0 saturated heterocycles. The van der Waals surface area contributed by atoms with Gasteiger partial charge in [-0.15, -0.1) is 0 Å². The first-order valence-electron chi connectivity index (χ1n) is 8.84. The Labute approximate surface area is 153 Å². The summed E-state index contributed by atoms with van der Waals surface area (Å²) in [6, 6.07) is 19.0. The molecule has 0 aliphatic carbocycles. The van der Waals surface area contributed by atoms with Crippen molar-refractivity contribution < 1.29 is 0 Å². The number of H-pyrrole nitrogens is 1. The van der Waals surface area contributed by atoms with E-state index in [1.807, 2.05) is 24.4 Å². The van der Waals surface area contributed by atoms with Gasteiger partial charge in [-0.2, -0.15) is 5.26 Å². The molecule has 5 heteroatoms. The van der Waals surface area contributed by atoms with Crippen LogP contribution in [0.15, 0.2) is 61.1 Å². The molecule has 4 rings (SSSR count). The first-order valence-corrected chi connectivity index (χ1v) is 8.84. The van der Waals surface area contributed by atoms with Crippen LogP contribution >= 0.6 is 0 Å². The molecule has 3 aromatic rings. The van der Waals surface area contributed by atoms with Crippen LogP contribution in [0.3, 0.4) is 0 Å². The Morgan fingerprint density at radius 1 is 1.23 bits per heavy atom. The fourth-order valence-electron chi connectivity index (χ4n) is 3.54. The number of fused-ring (bicyclic) bond motifs is 1. The minimum Gasteiger partial charge on any atom is -0.364 e. The summed E-state index contributed by atoms with van der Waals surface area (Å²) in [5.74, 6) is 0. The lowest BCUT2D eigenvalue weighted by atomic mass is 9.95. The average molecular weight is 343 g/mol. The number of imidazole rings is 1. The van der Waals surface area contributed by atoms with E-state index in [0.29, 0.717) is 11.6 Å². The third-order valence-corrected chi connectivity index (χ3v) is 4.81. The molecule has 26 heavy (non-hydrogen) atoms. The highest BCUT2D eigenvalue weighted by Gasteiger charge is 2.24. The summed E-state index contributed by atoms with van der Waals surface area (Å²) < 4.78 is 0. The highest BCUT2D eigenvalue weighted by atomic mass is 15.2. The van der Waals surface area contributed by atoms with Crippen LogP contribution in [0.2, 0.25) is 0 Å². The van der Waals surface area contributed by atoms with Crippen molar-refractivity contribution in [2.45, 2.75) is 25.6 Å². The van der Waals surface area contributed by atoms with Gasteiger partial charge in [-0.1, -0.05) is 30.3 Å². The van der Waals surface area contributed by atoms with Gasteiger partial charge >= 0.3 is 0 Å². The van der Waals surface area contributed by atoms with E-state index in [1.165, 1.54) is 16.8 Å². The van der Waals surface area contributed by atoms with E-state index < -0.39 is 0 Å². The van der Waals surface area contributed by atoms with E-state index >= 15 is 0 Å². The van der Waals surface area contributed by atoms with Gasteiger partial charge in [-0.05, 0) is 35.7 Å². The van der Waals surface area contributed by atoms with Crippen LogP contribution in [0, 0.1) is 11.3 Å². The quantitative estimate of drug-likeness (QED) is 0.747. The highest BCUT2D eigenvalue weighted by molar-refractivity contribution is 5.59. The van der Waals surface area contributed by atoms with Crippen LogP contribution in [0.5, 0.6) is 0 Å². The molecule has 0 saturated carbocycles. The third kappa shape index (κ3) is 3.61. The molecule has 2 N–H and O–H groups in total. The summed E-state index contributed by atoms with van der Waals surface area (Å²) in [4.78, 5) is 9.67. The van der Waals surface area contributed by atoms with Gasteiger partial charge in [-0.25, -0.2) is 4.98 Å². The number of anilines is 1. The van der Waals surface area contributed by atoms with Crippen molar-refractivity contribution in [1.82, 2.24) is 15.3 Å². The molecule has 1 aromatic heterocycles. The van der Waals surface area contributed by atoms with Crippen molar-refractivity contribution in [3.63, 3.8) is 0 Å². The number of benzene rings is 2. The van der Waals surface area contributed by atoms with Crippen molar-refractivity contribution in [1.29, 1.82) is 5.26 Å². The molecule has 0 radical (unpaired) electrons. The van der Waals surface area contributed by atoms with E-state index in [1.54, 1.807) is 6.33 Å². The lowest BCUT2D eigenvalue weighted by molar-refractivity contribution is 0.480. The Kier molecular flexibility index (Phi) is 4.67. The second kappa shape index (κ2) is 7.42. The molecule has 2 aromatic carbocycles. The molecule has 0 amide bonds. The fourth-order valence-corrected chi connectivity index (χ4v) is 3.54. The van der Waals surface area contributed by atoms with Crippen LogP contribution in [0.25, 0.3) is 0 Å². The Bertz CT molecular complexity index is 896. The van der Waals surface area contributed by atoms with E-state index in [0.717, 1.165) is 31.7 Å². The minimum absolute atomic E-state index is 0.333. The normalized spacial score (nSPS) is 16.1. The van der Waals surface area contributed by atoms with Crippen molar-refractivity contribution in [3.8, 4) is 6.07 Å². The zero-order valence-corrected chi connectivity index (χ0v) is 14.5. The zero-order valence-electron chi connectivity index (χ0n) is 14.5. The second-order valence-corrected chi connectivity index (χ2v) is 6.68. The molecular weight excluding hydrogens is 322 g/mol. The van der Waals surface area contributed by atoms with Gasteiger partial charge < -0.3 is 15.2 Å². The number of nitrogens with zero attached hydrogens (tertiary/aromatic N) is 3. The molecule has 0 fully saturated rings. The lowest BCUT2D eigenvalue weighted by Crippen LogP contribution is -2.45. The predicted octanol–water partition coefficient (Wildman–Crippen LogP) is 3.00. The number of aromatic nitrogens is 2.